The third-order valence-electron chi connectivity index (χ3n) is 3.39. The predicted molar refractivity (Wildman–Crippen MR) is 89.1 cm³/mol. The second kappa shape index (κ2) is 7.27. The second-order valence-electron chi connectivity index (χ2n) is 4.97. The van der Waals surface area contributed by atoms with Gasteiger partial charge in [-0.1, -0.05) is 11.3 Å². The van der Waals surface area contributed by atoms with E-state index in [0.717, 1.165) is 30.4 Å². The van der Waals surface area contributed by atoms with Crippen LogP contribution in [0.3, 0.4) is 0 Å². The molecule has 12 heteroatoms. The number of benzene rings is 1. The summed E-state index contributed by atoms with van der Waals surface area (Å²) in [5, 5.41) is 30.9. The van der Waals surface area contributed by atoms with Crippen molar-refractivity contribution in [3.8, 4) is 0 Å². The Labute approximate surface area is 144 Å². The minimum Gasteiger partial charge on any atom is -0.378 e. The summed E-state index contributed by atoms with van der Waals surface area (Å²) in [6.07, 6.45) is 1.52. The Bertz CT molecular complexity index is 832. The third kappa shape index (κ3) is 3.92. The SMILES string of the molecule is O=[N+]([O-])c1ccc(N=Nc2cnc(N3CCOCC3)s2)c([N+](=O)[O-])c1. The molecule has 1 aliphatic heterocycles. The van der Waals surface area contributed by atoms with E-state index in [9.17, 15) is 20.2 Å². The van der Waals surface area contributed by atoms with Crippen molar-refractivity contribution < 1.29 is 14.6 Å². The third-order valence-corrected chi connectivity index (χ3v) is 4.33. The molecule has 0 saturated carbocycles. The molecular formula is C13H12N6O5S. The Morgan fingerprint density at radius 1 is 1.16 bits per heavy atom. The molecule has 25 heavy (non-hydrogen) atoms. The van der Waals surface area contributed by atoms with Gasteiger partial charge >= 0.3 is 5.69 Å². The van der Waals surface area contributed by atoms with Gasteiger partial charge in [0.2, 0.25) is 0 Å². The highest BCUT2D eigenvalue weighted by Gasteiger charge is 2.20. The average Bonchev–Trinajstić information content (AvgIpc) is 3.09. The van der Waals surface area contributed by atoms with Crippen LogP contribution in [-0.2, 0) is 4.74 Å². The molecule has 130 valence electrons. The van der Waals surface area contributed by atoms with Crippen LogP contribution in [0.4, 0.5) is 27.2 Å². The number of aromatic nitrogens is 1. The summed E-state index contributed by atoms with van der Waals surface area (Å²) >= 11 is 1.30. The molecule has 0 N–H and O–H groups in total. The molecule has 2 heterocycles. The summed E-state index contributed by atoms with van der Waals surface area (Å²) in [5.41, 5.74) is -0.911. The number of non-ortho nitro benzene ring substituents is 1. The lowest BCUT2D eigenvalue weighted by molar-refractivity contribution is -0.393. The highest BCUT2D eigenvalue weighted by atomic mass is 32.1. The lowest BCUT2D eigenvalue weighted by Gasteiger charge is -2.25. The van der Waals surface area contributed by atoms with Crippen LogP contribution in [0.25, 0.3) is 0 Å². The van der Waals surface area contributed by atoms with Gasteiger partial charge in [-0.2, -0.15) is 0 Å². The van der Waals surface area contributed by atoms with E-state index in [1.54, 1.807) is 0 Å². The number of azo groups is 1. The molecule has 1 aromatic carbocycles. The van der Waals surface area contributed by atoms with E-state index >= 15 is 0 Å². The van der Waals surface area contributed by atoms with Gasteiger partial charge in [-0.3, -0.25) is 20.2 Å². The number of hydrogen-bond donors (Lipinski definition) is 0. The molecule has 0 unspecified atom stereocenters. The Morgan fingerprint density at radius 2 is 1.92 bits per heavy atom. The molecule has 11 nitrogen and oxygen atoms in total. The van der Waals surface area contributed by atoms with Crippen molar-refractivity contribution in [2.75, 3.05) is 31.2 Å². The van der Waals surface area contributed by atoms with Gasteiger partial charge in [0.05, 0.1) is 35.3 Å². The van der Waals surface area contributed by atoms with Crippen LogP contribution in [0.5, 0.6) is 0 Å². The minimum absolute atomic E-state index is 0.0584. The maximum absolute atomic E-state index is 11.1. The largest absolute Gasteiger partial charge is 0.378 e. The number of morpholine rings is 1. The van der Waals surface area contributed by atoms with Crippen LogP contribution in [0, 0.1) is 20.2 Å². The van der Waals surface area contributed by atoms with E-state index in [1.165, 1.54) is 23.6 Å². The molecule has 0 bridgehead atoms. The fourth-order valence-corrected chi connectivity index (χ4v) is 2.95. The van der Waals surface area contributed by atoms with Gasteiger partial charge in [0.15, 0.2) is 15.8 Å². The van der Waals surface area contributed by atoms with Crippen LogP contribution in [0.1, 0.15) is 0 Å². The number of anilines is 1. The molecule has 0 aliphatic carbocycles. The molecule has 1 aliphatic rings. The fourth-order valence-electron chi connectivity index (χ4n) is 2.16. The Morgan fingerprint density at radius 3 is 2.60 bits per heavy atom. The molecule has 2 aromatic rings. The average molecular weight is 364 g/mol. The van der Waals surface area contributed by atoms with Gasteiger partial charge in [-0.25, -0.2) is 4.98 Å². The van der Waals surface area contributed by atoms with Crippen LogP contribution in [0.15, 0.2) is 34.6 Å². The molecule has 0 atom stereocenters. The Balaban J connectivity index is 1.81. The standard InChI is InChI=1S/C13H12N6O5S/c20-18(21)9-1-2-10(11(7-9)19(22)23)15-16-12-8-14-13(25-12)17-3-5-24-6-4-17/h1-2,7-8H,3-6H2. The summed E-state index contributed by atoms with van der Waals surface area (Å²) in [7, 11) is 0. The Hall–Kier alpha value is -2.99. The summed E-state index contributed by atoms with van der Waals surface area (Å²) in [4.78, 5) is 26.7. The van der Waals surface area contributed by atoms with E-state index in [-0.39, 0.29) is 11.4 Å². The predicted octanol–water partition coefficient (Wildman–Crippen LogP) is 3.21. The first kappa shape index (κ1) is 16.9. The first-order valence-electron chi connectivity index (χ1n) is 7.17. The summed E-state index contributed by atoms with van der Waals surface area (Å²) in [6.45, 7) is 2.73. The first-order valence-corrected chi connectivity index (χ1v) is 7.99. The molecule has 1 fully saturated rings. The number of rotatable bonds is 5. The monoisotopic (exact) mass is 364 g/mol. The molecule has 0 radical (unpaired) electrons. The summed E-state index contributed by atoms with van der Waals surface area (Å²) < 4.78 is 5.28. The van der Waals surface area contributed by atoms with Crippen molar-refractivity contribution in [3.05, 3.63) is 44.6 Å². The fraction of sp³-hybridized carbons (Fsp3) is 0.308. The van der Waals surface area contributed by atoms with Crippen molar-refractivity contribution in [1.82, 2.24) is 4.98 Å². The molecule has 0 spiro atoms. The van der Waals surface area contributed by atoms with E-state index in [2.05, 4.69) is 20.1 Å². The summed E-state index contributed by atoms with van der Waals surface area (Å²) in [5.74, 6) is 0. The maximum Gasteiger partial charge on any atom is 0.303 e. The number of hydrogen-bond acceptors (Lipinski definition) is 10. The molecular weight excluding hydrogens is 352 g/mol. The molecule has 1 aromatic heterocycles. The summed E-state index contributed by atoms with van der Waals surface area (Å²) in [6, 6.07) is 3.21. The zero-order chi connectivity index (χ0) is 17.8. The second-order valence-corrected chi connectivity index (χ2v) is 5.96. The zero-order valence-electron chi connectivity index (χ0n) is 12.8. The Kier molecular flexibility index (Phi) is 4.90. The van der Waals surface area contributed by atoms with Gasteiger partial charge in [0, 0.05) is 19.2 Å². The zero-order valence-corrected chi connectivity index (χ0v) is 13.6. The van der Waals surface area contributed by atoms with Crippen LogP contribution >= 0.6 is 11.3 Å². The van der Waals surface area contributed by atoms with Crippen molar-refractivity contribution in [2.45, 2.75) is 0 Å². The van der Waals surface area contributed by atoms with Crippen LogP contribution in [-0.4, -0.2) is 41.1 Å². The normalized spacial score (nSPS) is 14.8. The molecule has 3 rings (SSSR count). The van der Waals surface area contributed by atoms with Gasteiger partial charge in [0.1, 0.15) is 0 Å². The van der Waals surface area contributed by atoms with E-state index in [4.69, 9.17) is 4.74 Å². The van der Waals surface area contributed by atoms with E-state index < -0.39 is 15.5 Å². The van der Waals surface area contributed by atoms with Crippen molar-refractivity contribution >= 4 is 38.5 Å². The number of nitrogens with zero attached hydrogens (tertiary/aromatic N) is 6. The smallest absolute Gasteiger partial charge is 0.303 e. The topological polar surface area (TPSA) is 136 Å². The van der Waals surface area contributed by atoms with Crippen molar-refractivity contribution in [1.29, 1.82) is 0 Å². The van der Waals surface area contributed by atoms with Gasteiger partial charge in [0.25, 0.3) is 5.69 Å². The van der Waals surface area contributed by atoms with Gasteiger partial charge in [-0.15, -0.1) is 10.2 Å². The van der Waals surface area contributed by atoms with Gasteiger partial charge < -0.3 is 9.64 Å². The number of ether oxygens (including phenoxy) is 1. The minimum atomic E-state index is -0.729. The molecule has 1 saturated heterocycles. The van der Waals surface area contributed by atoms with E-state index in [0.29, 0.717) is 18.2 Å². The quantitative estimate of drug-likeness (QED) is 0.451. The van der Waals surface area contributed by atoms with Crippen molar-refractivity contribution in [3.63, 3.8) is 0 Å². The van der Waals surface area contributed by atoms with Crippen LogP contribution in [0.2, 0.25) is 0 Å². The lowest BCUT2D eigenvalue weighted by atomic mass is 10.2. The van der Waals surface area contributed by atoms with E-state index in [1.807, 2.05) is 0 Å². The maximum atomic E-state index is 11.1. The number of nitro benzene ring substituents is 2. The number of thiazole rings is 1. The van der Waals surface area contributed by atoms with Crippen LogP contribution < -0.4 is 4.90 Å². The first-order chi connectivity index (χ1) is 12.0. The van der Waals surface area contributed by atoms with Gasteiger partial charge in [-0.05, 0) is 6.07 Å². The van der Waals surface area contributed by atoms with Crippen molar-refractivity contribution in [2.24, 2.45) is 10.2 Å². The highest BCUT2D eigenvalue weighted by molar-refractivity contribution is 7.19. The lowest BCUT2D eigenvalue weighted by Crippen LogP contribution is -2.36. The molecule has 0 amide bonds. The highest BCUT2D eigenvalue weighted by Crippen LogP contribution is 2.34. The number of nitro groups is 2.